The number of nitrogens with zero attached hydrogens (tertiary/aromatic N) is 4. The fraction of sp³-hybridized carbons (Fsp3) is 0.333. The standard InChI is InChI=1S/C24H23Cl2N5O2S/c25-20-18(5-8-28-22(20)26)34-19-12-29-23(17(30-19)13-33-14-32)31-9-6-24(7-10-31)11-15-3-1-2-4-16(15)21(24)27/h1-5,8,12,14,21H,6-7,9-11,13,27H2/t21-/m1/s1. The van der Waals surface area contributed by atoms with Crippen LogP contribution < -0.4 is 10.6 Å². The van der Waals surface area contributed by atoms with Gasteiger partial charge in [0.1, 0.15) is 22.5 Å². The fourth-order valence-corrected chi connectivity index (χ4v) is 6.23. The van der Waals surface area contributed by atoms with E-state index in [-0.39, 0.29) is 23.2 Å². The van der Waals surface area contributed by atoms with Gasteiger partial charge >= 0.3 is 0 Å². The van der Waals surface area contributed by atoms with Gasteiger partial charge in [-0.1, -0.05) is 59.2 Å². The SMILES string of the molecule is N[C@@H]1c2ccccc2CC12CCN(c1ncc(Sc3ccnc(Cl)c3Cl)nc1COC=O)CC2. The predicted molar refractivity (Wildman–Crippen MR) is 132 cm³/mol. The van der Waals surface area contributed by atoms with Crippen molar-refractivity contribution in [3.8, 4) is 0 Å². The van der Waals surface area contributed by atoms with Gasteiger partial charge in [-0.15, -0.1) is 0 Å². The molecule has 1 saturated heterocycles. The Morgan fingerprint density at radius 3 is 2.76 bits per heavy atom. The van der Waals surface area contributed by atoms with Crippen LogP contribution in [0.15, 0.2) is 52.6 Å². The first-order valence-electron chi connectivity index (χ1n) is 11.0. The largest absolute Gasteiger partial charge is 0.461 e. The number of benzene rings is 1. The molecule has 0 bridgehead atoms. The van der Waals surface area contributed by atoms with Gasteiger partial charge < -0.3 is 15.4 Å². The van der Waals surface area contributed by atoms with E-state index in [2.05, 4.69) is 34.1 Å². The van der Waals surface area contributed by atoms with E-state index in [1.54, 1.807) is 18.5 Å². The Morgan fingerprint density at radius 1 is 1.21 bits per heavy atom. The van der Waals surface area contributed by atoms with E-state index in [0.717, 1.165) is 43.1 Å². The molecule has 34 heavy (non-hydrogen) atoms. The van der Waals surface area contributed by atoms with Gasteiger partial charge in [-0.25, -0.2) is 15.0 Å². The molecule has 0 amide bonds. The number of fused-ring (bicyclic) bond motifs is 1. The molecule has 2 aliphatic rings. The van der Waals surface area contributed by atoms with Gasteiger partial charge in [0.15, 0.2) is 5.82 Å². The number of halogens is 2. The molecule has 1 fully saturated rings. The molecule has 1 aliphatic heterocycles. The van der Waals surface area contributed by atoms with Crippen molar-refractivity contribution in [2.24, 2.45) is 11.1 Å². The van der Waals surface area contributed by atoms with E-state index in [4.69, 9.17) is 43.6 Å². The number of anilines is 1. The molecule has 176 valence electrons. The van der Waals surface area contributed by atoms with Crippen molar-refractivity contribution in [2.75, 3.05) is 18.0 Å². The summed E-state index contributed by atoms with van der Waals surface area (Å²) in [6.07, 6.45) is 6.22. The first kappa shape index (κ1) is 23.4. The molecule has 10 heteroatoms. The Labute approximate surface area is 212 Å². The molecule has 0 saturated carbocycles. The molecule has 0 unspecified atom stereocenters. The summed E-state index contributed by atoms with van der Waals surface area (Å²) in [6.45, 7) is 2.08. The van der Waals surface area contributed by atoms with Crippen LogP contribution in [-0.2, 0) is 22.6 Å². The van der Waals surface area contributed by atoms with Crippen molar-refractivity contribution < 1.29 is 9.53 Å². The highest BCUT2D eigenvalue weighted by Gasteiger charge is 2.46. The molecule has 1 aromatic carbocycles. The lowest BCUT2D eigenvalue weighted by Crippen LogP contribution is -2.45. The highest BCUT2D eigenvalue weighted by molar-refractivity contribution is 7.99. The van der Waals surface area contributed by atoms with E-state index in [1.807, 2.05) is 0 Å². The zero-order valence-electron chi connectivity index (χ0n) is 18.3. The molecule has 1 aliphatic carbocycles. The minimum absolute atomic E-state index is 0.0394. The third-order valence-corrected chi connectivity index (χ3v) is 8.61. The molecule has 3 aromatic rings. The second-order valence-electron chi connectivity index (χ2n) is 8.60. The fourth-order valence-electron chi connectivity index (χ4n) is 4.99. The van der Waals surface area contributed by atoms with Gasteiger partial charge in [-0.2, -0.15) is 0 Å². The summed E-state index contributed by atoms with van der Waals surface area (Å²) < 4.78 is 5.06. The van der Waals surface area contributed by atoms with Gasteiger partial charge in [0, 0.05) is 30.2 Å². The number of ether oxygens (including phenoxy) is 1. The number of nitrogens with two attached hydrogens (primary N) is 1. The van der Waals surface area contributed by atoms with Crippen LogP contribution in [0, 0.1) is 5.41 Å². The first-order valence-corrected chi connectivity index (χ1v) is 12.6. The number of carbonyl (C=O) groups excluding carboxylic acids is 1. The molecular formula is C24H23Cl2N5O2S. The Morgan fingerprint density at radius 2 is 2.00 bits per heavy atom. The van der Waals surface area contributed by atoms with Gasteiger partial charge in [0.2, 0.25) is 0 Å². The minimum atomic E-state index is 0.0394. The summed E-state index contributed by atoms with van der Waals surface area (Å²) in [5, 5.41) is 1.22. The number of hydrogen-bond acceptors (Lipinski definition) is 8. The third kappa shape index (κ3) is 4.35. The number of pyridine rings is 1. The van der Waals surface area contributed by atoms with Crippen LogP contribution >= 0.6 is 35.0 Å². The van der Waals surface area contributed by atoms with Gasteiger partial charge in [-0.05, 0) is 41.9 Å². The maximum Gasteiger partial charge on any atom is 0.293 e. The van der Waals surface area contributed by atoms with Gasteiger partial charge in [-0.3, -0.25) is 4.79 Å². The van der Waals surface area contributed by atoms with Crippen molar-refractivity contribution in [2.45, 2.75) is 41.8 Å². The lowest BCUT2D eigenvalue weighted by atomic mass is 9.73. The molecule has 0 radical (unpaired) electrons. The smallest absolute Gasteiger partial charge is 0.293 e. The summed E-state index contributed by atoms with van der Waals surface area (Å²) in [5.41, 5.74) is 10.0. The molecule has 1 atom stereocenters. The molecular weight excluding hydrogens is 493 g/mol. The van der Waals surface area contributed by atoms with E-state index in [0.29, 0.717) is 22.2 Å². The summed E-state index contributed by atoms with van der Waals surface area (Å²) in [5.74, 6) is 0.726. The molecule has 2 N–H and O–H groups in total. The number of rotatable bonds is 6. The average Bonchev–Trinajstić information content (AvgIpc) is 3.12. The Bertz CT molecular complexity index is 1220. The quantitative estimate of drug-likeness (QED) is 0.367. The lowest BCUT2D eigenvalue weighted by Gasteiger charge is -2.42. The van der Waals surface area contributed by atoms with E-state index in [1.165, 1.54) is 22.9 Å². The number of aromatic nitrogens is 3. The Balaban J connectivity index is 1.35. The van der Waals surface area contributed by atoms with Crippen molar-refractivity contribution in [3.05, 3.63) is 69.7 Å². The van der Waals surface area contributed by atoms with Crippen LogP contribution in [0.2, 0.25) is 10.2 Å². The minimum Gasteiger partial charge on any atom is -0.461 e. The van der Waals surface area contributed by atoms with Gasteiger partial charge in [0.05, 0.1) is 11.2 Å². The molecule has 7 nitrogen and oxygen atoms in total. The highest BCUT2D eigenvalue weighted by Crippen LogP contribution is 2.51. The van der Waals surface area contributed by atoms with Crippen molar-refractivity contribution in [1.82, 2.24) is 15.0 Å². The molecule has 1 spiro atoms. The van der Waals surface area contributed by atoms with Crippen molar-refractivity contribution in [1.29, 1.82) is 0 Å². The van der Waals surface area contributed by atoms with Crippen LogP contribution in [0.4, 0.5) is 5.82 Å². The van der Waals surface area contributed by atoms with E-state index in [9.17, 15) is 4.79 Å². The van der Waals surface area contributed by atoms with Crippen LogP contribution in [-0.4, -0.2) is 34.5 Å². The Hall–Kier alpha value is -2.39. The van der Waals surface area contributed by atoms with E-state index >= 15 is 0 Å². The predicted octanol–water partition coefficient (Wildman–Crippen LogP) is 4.85. The van der Waals surface area contributed by atoms with Crippen LogP contribution in [0.3, 0.4) is 0 Å². The number of hydrogen-bond donors (Lipinski definition) is 1. The van der Waals surface area contributed by atoms with E-state index < -0.39 is 0 Å². The first-order chi connectivity index (χ1) is 16.5. The van der Waals surface area contributed by atoms with Crippen molar-refractivity contribution >= 4 is 47.3 Å². The second kappa shape index (κ2) is 9.70. The zero-order chi connectivity index (χ0) is 23.7. The molecule has 5 rings (SSSR count). The second-order valence-corrected chi connectivity index (χ2v) is 10.4. The average molecular weight is 516 g/mol. The molecule has 2 aromatic heterocycles. The maximum absolute atomic E-state index is 10.9. The summed E-state index contributed by atoms with van der Waals surface area (Å²) in [6, 6.07) is 10.3. The Kier molecular flexibility index (Phi) is 6.66. The highest BCUT2D eigenvalue weighted by atomic mass is 35.5. The number of piperidine rings is 1. The maximum atomic E-state index is 10.9. The summed E-state index contributed by atoms with van der Waals surface area (Å²) in [7, 11) is 0. The van der Waals surface area contributed by atoms with Crippen LogP contribution in [0.25, 0.3) is 0 Å². The van der Waals surface area contributed by atoms with Crippen LogP contribution in [0.1, 0.15) is 35.7 Å². The lowest BCUT2D eigenvalue weighted by molar-refractivity contribution is -0.129. The summed E-state index contributed by atoms with van der Waals surface area (Å²) >= 11 is 13.6. The topological polar surface area (TPSA) is 94.2 Å². The van der Waals surface area contributed by atoms with Crippen molar-refractivity contribution in [3.63, 3.8) is 0 Å². The summed E-state index contributed by atoms with van der Waals surface area (Å²) in [4.78, 5) is 27.2. The molecule has 3 heterocycles. The van der Waals surface area contributed by atoms with Gasteiger partial charge in [0.25, 0.3) is 6.47 Å². The van der Waals surface area contributed by atoms with Crippen LogP contribution in [0.5, 0.6) is 0 Å². The third-order valence-electron chi connectivity index (χ3n) is 6.77. The zero-order valence-corrected chi connectivity index (χ0v) is 20.6. The monoisotopic (exact) mass is 515 g/mol. The normalized spacial score (nSPS) is 18.7. The number of carbonyl (C=O) groups is 1.